The lowest BCUT2D eigenvalue weighted by Crippen LogP contribution is -2.43. The third-order valence-corrected chi connectivity index (χ3v) is 10.0. The summed E-state index contributed by atoms with van der Waals surface area (Å²) in [5.41, 5.74) is 8.75. The van der Waals surface area contributed by atoms with E-state index in [2.05, 4.69) is 130 Å². The molecule has 0 saturated heterocycles. The Kier molecular flexibility index (Phi) is 16.1. The normalized spacial score (nSPS) is 17.9. The highest BCUT2D eigenvalue weighted by molar-refractivity contribution is 6.03. The molecule has 2 aromatic rings. The number of aliphatic hydroxyl groups excluding tert-OH is 1. The van der Waals surface area contributed by atoms with Crippen molar-refractivity contribution in [3.05, 3.63) is 119 Å². The summed E-state index contributed by atoms with van der Waals surface area (Å²) in [4.78, 5) is 40.1. The highest BCUT2D eigenvalue weighted by Gasteiger charge is 2.45. The molecule has 5 rings (SSSR count). The van der Waals surface area contributed by atoms with Crippen LogP contribution in [0.15, 0.2) is 108 Å². The van der Waals surface area contributed by atoms with Crippen molar-refractivity contribution in [2.45, 2.75) is 145 Å². The Morgan fingerprint density at radius 2 is 1.37 bits per heavy atom. The lowest BCUT2D eigenvalue weighted by atomic mass is 9.81. The van der Waals surface area contributed by atoms with E-state index in [1.807, 2.05) is 55.4 Å². The quantitative estimate of drug-likeness (QED) is 0.161. The highest BCUT2D eigenvalue weighted by Crippen LogP contribution is 2.48. The smallest absolute Gasteiger partial charge is 0.424 e. The van der Waals surface area contributed by atoms with E-state index in [-0.39, 0.29) is 10.8 Å². The van der Waals surface area contributed by atoms with E-state index in [9.17, 15) is 9.59 Å². The van der Waals surface area contributed by atoms with Gasteiger partial charge in [-0.05, 0) is 117 Å². The molecule has 1 N–H and O–H groups in total. The number of carbonyl (C=O) groups excluding carboxylic acids is 2. The minimum atomic E-state index is -0.825. The number of hydrogen-bond donors (Lipinski definition) is 1. The number of allylic oxidation sites excluding steroid dienone is 8. The van der Waals surface area contributed by atoms with Gasteiger partial charge in [-0.2, -0.15) is 9.48 Å². The molecule has 0 radical (unpaired) electrons. The van der Waals surface area contributed by atoms with Crippen LogP contribution in [0.25, 0.3) is 0 Å². The summed E-state index contributed by atoms with van der Waals surface area (Å²) in [6.45, 7) is 34.1. The van der Waals surface area contributed by atoms with Gasteiger partial charge in [-0.3, -0.25) is 0 Å². The number of imide groups is 1. The zero-order valence-corrected chi connectivity index (χ0v) is 38.2. The molecule has 9 nitrogen and oxygen atoms in total. The van der Waals surface area contributed by atoms with Gasteiger partial charge < -0.3 is 24.3 Å². The minimum absolute atomic E-state index is 0.230. The van der Waals surface area contributed by atoms with Gasteiger partial charge in [0.15, 0.2) is 5.71 Å². The van der Waals surface area contributed by atoms with Gasteiger partial charge in [0.05, 0.1) is 11.1 Å². The largest absolute Gasteiger partial charge is 0.665 e. The molecule has 2 heterocycles. The molecule has 2 amide bonds. The lowest BCUT2D eigenvalue weighted by Gasteiger charge is -2.30. The Morgan fingerprint density at radius 3 is 1.90 bits per heavy atom. The monoisotopic (exact) mass is 808 g/mol. The molecule has 0 unspecified atom stereocenters. The van der Waals surface area contributed by atoms with Crippen molar-refractivity contribution in [3.8, 4) is 0 Å². The van der Waals surface area contributed by atoms with Crippen molar-refractivity contribution in [2.24, 2.45) is 0 Å². The Morgan fingerprint density at radius 1 is 0.847 bits per heavy atom. The average Bonchev–Trinajstić information content (AvgIpc) is 3.67. The Labute approximate surface area is 354 Å². The van der Waals surface area contributed by atoms with Crippen LogP contribution in [0.4, 0.5) is 21.0 Å². The van der Waals surface area contributed by atoms with Crippen LogP contribution in [0.2, 0.25) is 0 Å². The first kappa shape index (κ1) is 48.2. The van der Waals surface area contributed by atoms with Crippen molar-refractivity contribution in [3.63, 3.8) is 0 Å². The van der Waals surface area contributed by atoms with Gasteiger partial charge in [-0.15, -0.1) is 6.58 Å². The molecule has 2 aliphatic heterocycles. The van der Waals surface area contributed by atoms with Crippen LogP contribution >= 0.6 is 0 Å². The van der Waals surface area contributed by atoms with Crippen LogP contribution in [0.1, 0.15) is 134 Å². The third kappa shape index (κ3) is 11.7. The van der Waals surface area contributed by atoms with E-state index >= 15 is 0 Å². The van der Waals surface area contributed by atoms with Crippen LogP contribution in [0, 0.1) is 0 Å². The number of benzene rings is 2. The fourth-order valence-electron chi connectivity index (χ4n) is 7.77. The van der Waals surface area contributed by atoms with Crippen molar-refractivity contribution in [1.29, 1.82) is 0 Å². The first-order chi connectivity index (χ1) is 27.5. The van der Waals surface area contributed by atoms with Crippen molar-refractivity contribution < 1.29 is 33.5 Å². The number of ether oxygens (including phenoxy) is 2. The second kappa shape index (κ2) is 19.7. The number of hydrogen-bond acceptors (Lipinski definition) is 6. The lowest BCUT2D eigenvalue weighted by molar-refractivity contribution is -0.437. The molecule has 2 aromatic carbocycles. The minimum Gasteiger partial charge on any atom is -0.665 e. The topological polar surface area (TPSA) is 99.4 Å². The van der Waals surface area contributed by atoms with Crippen molar-refractivity contribution >= 4 is 35.7 Å². The number of fused-ring (bicyclic) bond motifs is 2. The molecular weight excluding hydrogens is 739 g/mol. The number of rotatable bonds is 8. The van der Waals surface area contributed by atoms with E-state index in [4.69, 9.17) is 19.4 Å². The SMILES string of the molecule is C=C(C)C.CCCN1/C(=C/C=C2CCC(/C=C/C3=[N+](CCC)c4ccccc4C3(C)C)=C2N(C(=O)OC(C)(C)C)C(=O)OC(C)(C)C)C(C)(C)c2ccccc21.O=[C-]O. The predicted molar refractivity (Wildman–Crippen MR) is 241 cm³/mol. The molecule has 0 spiro atoms. The molecule has 0 fully saturated rings. The first-order valence-electron chi connectivity index (χ1n) is 20.8. The van der Waals surface area contributed by atoms with Gasteiger partial charge in [-0.1, -0.05) is 88.3 Å². The summed E-state index contributed by atoms with van der Waals surface area (Å²) < 4.78 is 14.2. The van der Waals surface area contributed by atoms with Gasteiger partial charge in [0.1, 0.15) is 17.7 Å². The van der Waals surface area contributed by atoms with Crippen LogP contribution in [-0.2, 0) is 25.1 Å². The molecule has 9 heteroatoms. The number of para-hydroxylation sites is 2. The molecule has 0 bridgehead atoms. The molecule has 320 valence electrons. The summed E-state index contributed by atoms with van der Waals surface area (Å²) in [6.07, 6.45) is 10.4. The Bertz CT molecular complexity index is 2000. The van der Waals surface area contributed by atoms with Gasteiger partial charge in [0.2, 0.25) is 5.69 Å². The second-order valence-electron chi connectivity index (χ2n) is 18.5. The number of anilines is 1. The van der Waals surface area contributed by atoms with Crippen LogP contribution in [0.3, 0.4) is 0 Å². The number of carbonyl (C=O) groups is 2. The number of nitrogens with zero attached hydrogens (tertiary/aromatic N) is 3. The zero-order chi connectivity index (χ0) is 44.5. The van der Waals surface area contributed by atoms with Crippen LogP contribution in [-0.4, -0.2) is 63.2 Å². The summed E-state index contributed by atoms with van der Waals surface area (Å²) in [5, 5.41) is 6.76. The highest BCUT2D eigenvalue weighted by atomic mass is 16.6. The van der Waals surface area contributed by atoms with Gasteiger partial charge in [0.25, 0.3) is 0 Å². The van der Waals surface area contributed by atoms with Crippen molar-refractivity contribution in [2.75, 3.05) is 18.0 Å². The van der Waals surface area contributed by atoms with E-state index < -0.39 is 23.4 Å². The summed E-state index contributed by atoms with van der Waals surface area (Å²) in [5.74, 6) is 0. The maximum atomic E-state index is 14.1. The molecule has 0 atom stereocenters. The average molecular weight is 808 g/mol. The molecule has 1 aliphatic carbocycles. The standard InChI is InChI=1S/C45H60N3O4.C4H8.CHO2/c1-13-29-46-35-21-17-15-19-33(35)44(9,10)37(46)27-25-31-23-24-32(39(31)48(40(49)51-42(3,4)5)41(50)52-43(6,7)8)26-28-38-45(11,12)34-20-16-18-22-36(34)47(38)30-14-2;1-4(2)3;2-1-3/h15-22,25-28H,13-14,23-24,29-30H2,1-12H3;1H2,2-3H3;(H,2,3)/q+1;;-1. The zero-order valence-electron chi connectivity index (χ0n) is 38.2. The summed E-state index contributed by atoms with van der Waals surface area (Å²) >= 11 is 0. The molecule has 0 saturated carbocycles. The Hall–Kier alpha value is -5.18. The maximum Gasteiger partial charge on any atom is 0.424 e. The fourth-order valence-corrected chi connectivity index (χ4v) is 7.77. The molecule has 0 aromatic heterocycles. The van der Waals surface area contributed by atoms with Gasteiger partial charge in [0, 0.05) is 47.5 Å². The number of amides is 2. The van der Waals surface area contributed by atoms with E-state index in [1.165, 1.54) is 39.5 Å². The summed E-state index contributed by atoms with van der Waals surface area (Å²) in [7, 11) is 0. The van der Waals surface area contributed by atoms with Gasteiger partial charge >= 0.3 is 12.2 Å². The summed E-state index contributed by atoms with van der Waals surface area (Å²) in [6, 6.07) is 17.2. The predicted octanol–water partition coefficient (Wildman–Crippen LogP) is 12.5. The van der Waals surface area contributed by atoms with Crippen LogP contribution < -0.4 is 4.90 Å². The third-order valence-electron chi connectivity index (χ3n) is 10.0. The molecular formula is C50H69N3O6. The van der Waals surface area contributed by atoms with Gasteiger partial charge in [-0.25, -0.2) is 9.59 Å². The molecule has 59 heavy (non-hydrogen) atoms. The fraction of sp³-hybridized carbons (Fsp3) is 0.480. The first-order valence-corrected chi connectivity index (χ1v) is 20.8. The van der Waals surface area contributed by atoms with E-state index in [0.29, 0.717) is 25.0 Å². The van der Waals surface area contributed by atoms with Crippen molar-refractivity contribution in [1.82, 2.24) is 4.90 Å². The molecule has 3 aliphatic rings. The second-order valence-corrected chi connectivity index (χ2v) is 18.5. The maximum absolute atomic E-state index is 14.1. The van der Waals surface area contributed by atoms with E-state index in [0.717, 1.165) is 42.0 Å². The Balaban J connectivity index is 0.00000123. The van der Waals surface area contributed by atoms with Crippen LogP contribution in [0.5, 0.6) is 0 Å². The van der Waals surface area contributed by atoms with E-state index in [1.54, 1.807) is 0 Å².